The Morgan fingerprint density at radius 1 is 0.848 bits per heavy atom. The van der Waals surface area contributed by atoms with E-state index in [1.807, 2.05) is 50.2 Å². The van der Waals surface area contributed by atoms with Gasteiger partial charge in [-0.2, -0.15) is 5.10 Å². The maximum atomic E-state index is 12.6. The van der Waals surface area contributed by atoms with Crippen molar-refractivity contribution in [2.45, 2.75) is 20.5 Å². The van der Waals surface area contributed by atoms with Crippen molar-refractivity contribution in [3.8, 4) is 23.0 Å². The predicted octanol–water partition coefficient (Wildman–Crippen LogP) is 4.84. The fourth-order valence-corrected chi connectivity index (χ4v) is 3.04. The van der Waals surface area contributed by atoms with Crippen LogP contribution in [0.1, 0.15) is 35.3 Å². The van der Waals surface area contributed by atoms with Crippen molar-refractivity contribution >= 4 is 12.1 Å². The monoisotopic (exact) mass is 448 g/mol. The number of nitrogens with zero attached hydrogens (tertiary/aromatic N) is 1. The molecule has 3 aromatic rings. The van der Waals surface area contributed by atoms with Gasteiger partial charge in [-0.3, -0.25) is 4.79 Å². The van der Waals surface area contributed by atoms with E-state index >= 15 is 0 Å². The Hall–Kier alpha value is -4.00. The van der Waals surface area contributed by atoms with E-state index in [2.05, 4.69) is 10.5 Å². The average molecular weight is 449 g/mol. The SMILES string of the molecule is CCOc1cc(/C=N/NC(=O)c2ccc(OCc3ccccc3)c(OCC)c2)ccc1OC. The van der Waals surface area contributed by atoms with E-state index in [-0.39, 0.29) is 5.91 Å². The molecule has 0 aliphatic heterocycles. The Morgan fingerprint density at radius 3 is 2.24 bits per heavy atom. The van der Waals surface area contributed by atoms with Gasteiger partial charge < -0.3 is 18.9 Å². The van der Waals surface area contributed by atoms with Crippen LogP contribution in [-0.2, 0) is 6.61 Å². The molecule has 7 heteroatoms. The van der Waals surface area contributed by atoms with Crippen LogP contribution in [0.3, 0.4) is 0 Å². The van der Waals surface area contributed by atoms with E-state index in [1.54, 1.807) is 43.7 Å². The van der Waals surface area contributed by atoms with E-state index in [1.165, 1.54) is 0 Å². The van der Waals surface area contributed by atoms with Crippen LogP contribution in [0.25, 0.3) is 0 Å². The number of hydrazone groups is 1. The van der Waals surface area contributed by atoms with Gasteiger partial charge in [0.05, 0.1) is 26.5 Å². The summed E-state index contributed by atoms with van der Waals surface area (Å²) in [5, 5.41) is 4.06. The van der Waals surface area contributed by atoms with Crippen molar-refractivity contribution in [2.24, 2.45) is 5.10 Å². The molecular formula is C26H28N2O5. The number of hydrogen-bond acceptors (Lipinski definition) is 6. The largest absolute Gasteiger partial charge is 0.493 e. The Kier molecular flexibility index (Phi) is 8.71. The molecule has 0 bridgehead atoms. The third kappa shape index (κ3) is 6.74. The number of rotatable bonds is 11. The summed E-state index contributed by atoms with van der Waals surface area (Å²) in [5.41, 5.74) is 4.75. The van der Waals surface area contributed by atoms with Gasteiger partial charge in [0, 0.05) is 5.56 Å². The molecule has 0 unspecified atom stereocenters. The van der Waals surface area contributed by atoms with E-state index in [4.69, 9.17) is 18.9 Å². The smallest absolute Gasteiger partial charge is 0.271 e. The lowest BCUT2D eigenvalue weighted by atomic mass is 10.2. The maximum absolute atomic E-state index is 12.6. The minimum absolute atomic E-state index is 0.361. The molecule has 3 rings (SSSR count). The molecule has 0 aliphatic carbocycles. The zero-order chi connectivity index (χ0) is 23.5. The summed E-state index contributed by atoms with van der Waals surface area (Å²) < 4.78 is 22.4. The first-order chi connectivity index (χ1) is 16.1. The molecule has 0 atom stereocenters. The molecular weight excluding hydrogens is 420 g/mol. The molecule has 3 aromatic carbocycles. The Bertz CT molecular complexity index is 1080. The third-order valence-corrected chi connectivity index (χ3v) is 4.61. The fraction of sp³-hybridized carbons (Fsp3) is 0.231. The second kappa shape index (κ2) is 12.1. The zero-order valence-electron chi connectivity index (χ0n) is 19.0. The lowest BCUT2D eigenvalue weighted by Gasteiger charge is -2.13. The molecule has 0 saturated heterocycles. The van der Waals surface area contributed by atoms with E-state index in [0.29, 0.717) is 48.4 Å². The van der Waals surface area contributed by atoms with Crippen molar-refractivity contribution in [2.75, 3.05) is 20.3 Å². The first-order valence-electron chi connectivity index (χ1n) is 10.7. The van der Waals surface area contributed by atoms with Gasteiger partial charge in [-0.05, 0) is 61.4 Å². The summed E-state index contributed by atoms with van der Waals surface area (Å²) in [6, 6.07) is 20.3. The van der Waals surface area contributed by atoms with Gasteiger partial charge in [0.2, 0.25) is 0 Å². The molecule has 0 saturated carbocycles. The standard InChI is InChI=1S/C26H28N2O5/c1-4-31-24-15-20(11-13-22(24)30-3)17-27-28-26(29)21-12-14-23(25(16-21)32-5-2)33-18-19-9-7-6-8-10-19/h6-17H,4-5,18H2,1-3H3,(H,28,29)/b27-17+. The Balaban J connectivity index is 1.66. The number of nitrogens with one attached hydrogen (secondary N) is 1. The van der Waals surface area contributed by atoms with E-state index in [0.717, 1.165) is 11.1 Å². The highest BCUT2D eigenvalue weighted by molar-refractivity contribution is 5.95. The van der Waals surface area contributed by atoms with Gasteiger partial charge in [0.15, 0.2) is 23.0 Å². The van der Waals surface area contributed by atoms with Crippen LogP contribution in [0.2, 0.25) is 0 Å². The molecule has 0 spiro atoms. The number of carbonyl (C=O) groups excluding carboxylic acids is 1. The molecule has 1 N–H and O–H groups in total. The van der Waals surface area contributed by atoms with Gasteiger partial charge >= 0.3 is 0 Å². The van der Waals surface area contributed by atoms with Crippen molar-refractivity contribution in [1.82, 2.24) is 5.43 Å². The minimum Gasteiger partial charge on any atom is -0.493 e. The van der Waals surface area contributed by atoms with E-state index < -0.39 is 0 Å². The Labute approximate surface area is 193 Å². The van der Waals surface area contributed by atoms with Crippen LogP contribution < -0.4 is 24.4 Å². The number of carbonyl (C=O) groups is 1. The first kappa shape index (κ1) is 23.7. The number of benzene rings is 3. The summed E-state index contributed by atoms with van der Waals surface area (Å²) >= 11 is 0. The Morgan fingerprint density at radius 2 is 1.55 bits per heavy atom. The lowest BCUT2D eigenvalue weighted by Crippen LogP contribution is -2.17. The molecule has 0 radical (unpaired) electrons. The number of hydrogen-bond donors (Lipinski definition) is 1. The fourth-order valence-electron chi connectivity index (χ4n) is 3.04. The lowest BCUT2D eigenvalue weighted by molar-refractivity contribution is 0.0954. The predicted molar refractivity (Wildman–Crippen MR) is 128 cm³/mol. The molecule has 0 aromatic heterocycles. The molecule has 172 valence electrons. The summed E-state index contributed by atoms with van der Waals surface area (Å²) in [6.45, 7) is 5.14. The molecule has 0 heterocycles. The van der Waals surface area contributed by atoms with Crippen LogP contribution in [0.5, 0.6) is 23.0 Å². The molecule has 0 aliphatic rings. The van der Waals surface area contributed by atoms with Crippen molar-refractivity contribution < 1.29 is 23.7 Å². The third-order valence-electron chi connectivity index (χ3n) is 4.61. The second-order valence-electron chi connectivity index (χ2n) is 6.91. The number of amides is 1. The van der Waals surface area contributed by atoms with Crippen LogP contribution in [0.4, 0.5) is 0 Å². The van der Waals surface area contributed by atoms with Crippen LogP contribution in [-0.4, -0.2) is 32.4 Å². The zero-order valence-corrected chi connectivity index (χ0v) is 19.0. The van der Waals surface area contributed by atoms with Crippen molar-refractivity contribution in [3.63, 3.8) is 0 Å². The molecule has 33 heavy (non-hydrogen) atoms. The highest BCUT2D eigenvalue weighted by Gasteiger charge is 2.12. The minimum atomic E-state index is -0.361. The normalized spacial score (nSPS) is 10.6. The topological polar surface area (TPSA) is 78.4 Å². The second-order valence-corrected chi connectivity index (χ2v) is 6.91. The van der Waals surface area contributed by atoms with Crippen molar-refractivity contribution in [3.05, 3.63) is 83.4 Å². The number of ether oxygens (including phenoxy) is 4. The average Bonchev–Trinajstić information content (AvgIpc) is 2.84. The van der Waals surface area contributed by atoms with E-state index in [9.17, 15) is 4.79 Å². The molecule has 0 fully saturated rings. The number of methoxy groups -OCH3 is 1. The van der Waals surface area contributed by atoms with Crippen molar-refractivity contribution in [1.29, 1.82) is 0 Å². The van der Waals surface area contributed by atoms with Gasteiger partial charge in [-0.15, -0.1) is 0 Å². The van der Waals surface area contributed by atoms with Gasteiger partial charge in [0.1, 0.15) is 6.61 Å². The maximum Gasteiger partial charge on any atom is 0.271 e. The van der Waals surface area contributed by atoms with Crippen LogP contribution in [0.15, 0.2) is 71.8 Å². The van der Waals surface area contributed by atoms with Gasteiger partial charge in [-0.1, -0.05) is 30.3 Å². The summed E-state index contributed by atoms with van der Waals surface area (Å²) in [4.78, 5) is 12.6. The first-order valence-corrected chi connectivity index (χ1v) is 10.7. The molecule has 1 amide bonds. The highest BCUT2D eigenvalue weighted by atomic mass is 16.5. The highest BCUT2D eigenvalue weighted by Crippen LogP contribution is 2.30. The molecule has 7 nitrogen and oxygen atoms in total. The van der Waals surface area contributed by atoms with Gasteiger partial charge in [-0.25, -0.2) is 5.43 Å². The quantitative estimate of drug-likeness (QED) is 0.336. The summed E-state index contributed by atoms with van der Waals surface area (Å²) in [6.07, 6.45) is 1.54. The van der Waals surface area contributed by atoms with Crippen LogP contribution >= 0.6 is 0 Å². The van der Waals surface area contributed by atoms with Crippen LogP contribution in [0, 0.1) is 0 Å². The van der Waals surface area contributed by atoms with Gasteiger partial charge in [0.25, 0.3) is 5.91 Å². The summed E-state index contributed by atoms with van der Waals surface area (Å²) in [7, 11) is 1.58. The summed E-state index contributed by atoms with van der Waals surface area (Å²) in [5.74, 6) is 1.96.